The molecule has 7 heavy (non-hydrogen) atoms. The van der Waals surface area contributed by atoms with Crippen molar-refractivity contribution in [3.63, 3.8) is 0 Å². The second-order valence-electron chi connectivity index (χ2n) is 0.729. The summed E-state index contributed by atoms with van der Waals surface area (Å²) in [5.74, 6) is 0. The van der Waals surface area contributed by atoms with E-state index in [0.29, 0.717) is 0 Å². The molecular weight excluding hydrogens is 180 g/mol. The fraction of sp³-hybridized carbons (Fsp3) is 0. The van der Waals surface area contributed by atoms with E-state index in [1.54, 1.807) is 0 Å². The van der Waals surface area contributed by atoms with Gasteiger partial charge in [-0.25, -0.2) is 0 Å². The summed E-state index contributed by atoms with van der Waals surface area (Å²) in [6, 6.07) is 0. The van der Waals surface area contributed by atoms with E-state index in [2.05, 4.69) is 24.4 Å². The SMILES string of the molecule is NC(=S)C(N)=S.[Cu]. The van der Waals surface area contributed by atoms with Crippen LogP contribution in [-0.4, -0.2) is 9.98 Å². The quantitative estimate of drug-likeness (QED) is 0.395. The Bertz CT molecular complexity index is 79.7. The molecule has 0 bridgehead atoms. The third-order valence-corrected chi connectivity index (χ3v) is 0.812. The van der Waals surface area contributed by atoms with Gasteiger partial charge in [0, 0.05) is 17.1 Å². The summed E-state index contributed by atoms with van der Waals surface area (Å²) in [7, 11) is 0. The van der Waals surface area contributed by atoms with Crippen LogP contribution in [0, 0.1) is 0 Å². The third-order valence-electron chi connectivity index (χ3n) is 0.243. The van der Waals surface area contributed by atoms with Crippen LogP contribution in [0.15, 0.2) is 0 Å². The van der Waals surface area contributed by atoms with Crippen molar-refractivity contribution < 1.29 is 17.1 Å². The van der Waals surface area contributed by atoms with Gasteiger partial charge in [0.05, 0.1) is 0 Å². The molecule has 0 aliphatic rings. The summed E-state index contributed by atoms with van der Waals surface area (Å²) >= 11 is 8.66. The van der Waals surface area contributed by atoms with Crippen molar-refractivity contribution in [2.24, 2.45) is 11.5 Å². The number of nitrogens with two attached hydrogens (primary N) is 2. The van der Waals surface area contributed by atoms with Crippen LogP contribution < -0.4 is 11.5 Å². The Hall–Kier alpha value is 0.299. The second-order valence-corrected chi connectivity index (χ2v) is 1.61. The molecule has 5 heteroatoms. The van der Waals surface area contributed by atoms with Crippen molar-refractivity contribution in [1.29, 1.82) is 0 Å². The molecule has 0 aromatic carbocycles. The maximum absolute atomic E-state index is 4.90. The predicted octanol–water partition coefficient (Wildman–Crippen LogP) is -0.444. The molecule has 0 amide bonds. The van der Waals surface area contributed by atoms with Crippen LogP contribution in [0.4, 0.5) is 0 Å². The normalized spacial score (nSPS) is 6.29. The molecule has 0 saturated carbocycles. The Balaban J connectivity index is 0. The predicted molar refractivity (Wildman–Crippen MR) is 33.6 cm³/mol. The first kappa shape index (κ1) is 10.3. The summed E-state index contributed by atoms with van der Waals surface area (Å²) in [5.41, 5.74) is 9.80. The zero-order chi connectivity index (χ0) is 5.15. The van der Waals surface area contributed by atoms with Crippen LogP contribution >= 0.6 is 24.4 Å². The van der Waals surface area contributed by atoms with E-state index in [1.807, 2.05) is 0 Å². The van der Waals surface area contributed by atoms with Gasteiger partial charge in [0.1, 0.15) is 9.98 Å². The number of hydrogen-bond acceptors (Lipinski definition) is 2. The molecule has 45 valence electrons. The first-order valence-electron chi connectivity index (χ1n) is 1.24. The maximum atomic E-state index is 4.90. The van der Waals surface area contributed by atoms with Gasteiger partial charge < -0.3 is 11.5 Å². The molecule has 0 unspecified atom stereocenters. The largest absolute Gasteiger partial charge is 0.388 e. The minimum absolute atomic E-state index is 0. The number of hydrogen-bond donors (Lipinski definition) is 2. The van der Waals surface area contributed by atoms with Crippen LogP contribution in [-0.2, 0) is 17.1 Å². The molecule has 0 aliphatic heterocycles. The molecule has 4 N–H and O–H groups in total. The van der Waals surface area contributed by atoms with Gasteiger partial charge in [-0.2, -0.15) is 0 Å². The van der Waals surface area contributed by atoms with Crippen LogP contribution in [0.5, 0.6) is 0 Å². The summed E-state index contributed by atoms with van der Waals surface area (Å²) in [6.45, 7) is 0. The Morgan fingerprint density at radius 2 is 1.14 bits per heavy atom. The van der Waals surface area contributed by atoms with Crippen molar-refractivity contribution in [3.8, 4) is 0 Å². The van der Waals surface area contributed by atoms with Crippen LogP contribution in [0.2, 0.25) is 0 Å². The van der Waals surface area contributed by atoms with E-state index < -0.39 is 0 Å². The molecular formula is C2H4CuN2S2. The Morgan fingerprint density at radius 3 is 1.14 bits per heavy atom. The first-order chi connectivity index (χ1) is 2.64. The summed E-state index contributed by atoms with van der Waals surface area (Å²) < 4.78 is 0. The van der Waals surface area contributed by atoms with Crippen LogP contribution in [0.1, 0.15) is 0 Å². The summed E-state index contributed by atoms with van der Waals surface area (Å²) in [6.07, 6.45) is 0. The minimum Gasteiger partial charge on any atom is -0.388 e. The summed E-state index contributed by atoms with van der Waals surface area (Å²) in [4.78, 5) is 0.204. The fourth-order valence-electron chi connectivity index (χ4n) is 0. The molecule has 1 radical (unpaired) electrons. The van der Waals surface area contributed by atoms with E-state index in [-0.39, 0.29) is 27.0 Å². The molecule has 0 heterocycles. The van der Waals surface area contributed by atoms with Crippen molar-refractivity contribution in [2.45, 2.75) is 0 Å². The smallest absolute Gasteiger partial charge is 0.131 e. The molecule has 0 spiro atoms. The molecule has 0 saturated heterocycles. The van der Waals surface area contributed by atoms with Gasteiger partial charge in [-0.1, -0.05) is 24.4 Å². The van der Waals surface area contributed by atoms with Gasteiger partial charge in [-0.3, -0.25) is 0 Å². The average molecular weight is 184 g/mol. The Morgan fingerprint density at radius 1 is 1.00 bits per heavy atom. The van der Waals surface area contributed by atoms with Gasteiger partial charge >= 0.3 is 0 Å². The van der Waals surface area contributed by atoms with Gasteiger partial charge in [0.15, 0.2) is 0 Å². The third kappa shape index (κ3) is 6.30. The second kappa shape index (κ2) is 4.46. The van der Waals surface area contributed by atoms with Gasteiger partial charge in [0.2, 0.25) is 0 Å². The van der Waals surface area contributed by atoms with Crippen molar-refractivity contribution >= 4 is 34.4 Å². The molecule has 0 fully saturated rings. The van der Waals surface area contributed by atoms with Crippen molar-refractivity contribution in [1.82, 2.24) is 0 Å². The Labute approximate surface area is 63.1 Å². The molecule has 0 aromatic rings. The van der Waals surface area contributed by atoms with Gasteiger partial charge in [-0.15, -0.1) is 0 Å². The zero-order valence-electron chi connectivity index (χ0n) is 3.27. The standard InChI is InChI=1S/C2H4N2S2.Cu/c3-1(5)2(4)6;/h(H2,3,5)(H2,4,6);. The Kier molecular flexibility index (Phi) is 6.57. The van der Waals surface area contributed by atoms with E-state index in [4.69, 9.17) is 11.5 Å². The van der Waals surface area contributed by atoms with Crippen molar-refractivity contribution in [3.05, 3.63) is 0 Å². The minimum atomic E-state index is 0. The van der Waals surface area contributed by atoms with Crippen LogP contribution in [0.25, 0.3) is 0 Å². The summed E-state index contributed by atoms with van der Waals surface area (Å²) in [5, 5.41) is 0. The first-order valence-corrected chi connectivity index (χ1v) is 2.05. The molecule has 0 atom stereocenters. The van der Waals surface area contributed by atoms with Crippen molar-refractivity contribution in [2.75, 3.05) is 0 Å². The molecule has 0 aromatic heterocycles. The average Bonchev–Trinajstić information content (AvgIpc) is 1.36. The number of thiocarbonyl (C=S) groups is 2. The zero-order valence-corrected chi connectivity index (χ0v) is 5.85. The molecule has 2 nitrogen and oxygen atoms in total. The molecule has 0 rings (SSSR count). The van der Waals surface area contributed by atoms with E-state index in [0.717, 1.165) is 0 Å². The maximum Gasteiger partial charge on any atom is 0.131 e. The number of rotatable bonds is 0. The van der Waals surface area contributed by atoms with E-state index in [1.165, 1.54) is 0 Å². The van der Waals surface area contributed by atoms with E-state index in [9.17, 15) is 0 Å². The van der Waals surface area contributed by atoms with Gasteiger partial charge in [0.25, 0.3) is 0 Å². The fourth-order valence-corrected chi connectivity index (χ4v) is 0. The van der Waals surface area contributed by atoms with E-state index >= 15 is 0 Å². The topological polar surface area (TPSA) is 52.0 Å². The molecule has 0 aliphatic carbocycles. The van der Waals surface area contributed by atoms with Gasteiger partial charge in [-0.05, 0) is 0 Å². The monoisotopic (exact) mass is 183 g/mol. The van der Waals surface area contributed by atoms with Crippen LogP contribution in [0.3, 0.4) is 0 Å².